The van der Waals surface area contributed by atoms with Crippen LogP contribution in [0.15, 0.2) is 60.7 Å². The van der Waals surface area contributed by atoms with Gasteiger partial charge in [-0.3, -0.25) is 0 Å². The van der Waals surface area contributed by atoms with Crippen LogP contribution in [0.2, 0.25) is 0 Å². The van der Waals surface area contributed by atoms with Crippen molar-refractivity contribution in [1.82, 2.24) is 10.2 Å². The molecule has 30 heavy (non-hydrogen) atoms. The van der Waals surface area contributed by atoms with Gasteiger partial charge in [-0.15, -0.1) is 10.2 Å². The fourth-order valence-electron chi connectivity index (χ4n) is 3.53. The fourth-order valence-corrected chi connectivity index (χ4v) is 3.53. The largest absolute Gasteiger partial charge is 0.355 e. The molecule has 0 unspecified atom stereocenters. The Balaban J connectivity index is 1.37. The van der Waals surface area contributed by atoms with Crippen LogP contribution in [0, 0.1) is 5.82 Å². The van der Waals surface area contributed by atoms with Gasteiger partial charge in [0, 0.05) is 30.0 Å². The number of anilines is 3. The molecule has 0 aliphatic carbocycles. The van der Waals surface area contributed by atoms with Gasteiger partial charge >= 0.3 is 6.03 Å². The molecule has 154 valence electrons. The van der Waals surface area contributed by atoms with Crippen LogP contribution in [0.1, 0.15) is 25.7 Å². The number of hydrogen-bond donors (Lipinski definition) is 2. The highest BCUT2D eigenvalue weighted by atomic mass is 19.1. The molecule has 1 fully saturated rings. The number of nitrogens with one attached hydrogen (secondary N) is 2. The molecule has 0 spiro atoms. The van der Waals surface area contributed by atoms with Gasteiger partial charge in [0.2, 0.25) is 0 Å². The summed E-state index contributed by atoms with van der Waals surface area (Å²) in [7, 11) is 0. The van der Waals surface area contributed by atoms with Crippen molar-refractivity contribution in [2.24, 2.45) is 0 Å². The molecule has 2 heterocycles. The lowest BCUT2D eigenvalue weighted by atomic mass is 10.1. The van der Waals surface area contributed by atoms with Crippen LogP contribution < -0.4 is 15.5 Å². The summed E-state index contributed by atoms with van der Waals surface area (Å²) < 4.78 is 13.2. The number of hydrogen-bond acceptors (Lipinski definition) is 4. The van der Waals surface area contributed by atoms with E-state index in [0.29, 0.717) is 11.4 Å². The minimum atomic E-state index is -0.435. The second-order valence-electron chi connectivity index (χ2n) is 7.34. The van der Waals surface area contributed by atoms with E-state index < -0.39 is 11.8 Å². The molecule has 0 atom stereocenters. The molecule has 2 amide bonds. The first kappa shape index (κ1) is 19.8. The summed E-state index contributed by atoms with van der Waals surface area (Å²) in [5, 5.41) is 14.1. The zero-order valence-electron chi connectivity index (χ0n) is 16.6. The minimum Gasteiger partial charge on any atom is -0.355 e. The molecule has 6 nitrogen and oxygen atoms in total. The number of rotatable bonds is 4. The third-order valence-corrected chi connectivity index (χ3v) is 5.10. The van der Waals surface area contributed by atoms with Gasteiger partial charge < -0.3 is 15.5 Å². The van der Waals surface area contributed by atoms with Crippen molar-refractivity contribution in [3.8, 4) is 11.3 Å². The van der Waals surface area contributed by atoms with Crippen molar-refractivity contribution in [3.05, 3.63) is 66.5 Å². The Hall–Kier alpha value is -3.48. The lowest BCUT2D eigenvalue weighted by Crippen LogP contribution is -2.25. The number of urea groups is 1. The molecule has 1 aliphatic rings. The molecule has 4 rings (SSSR count). The van der Waals surface area contributed by atoms with E-state index in [1.165, 1.54) is 37.8 Å². The van der Waals surface area contributed by atoms with E-state index in [-0.39, 0.29) is 0 Å². The average Bonchev–Trinajstić information content (AvgIpc) is 3.04. The Morgan fingerprint density at radius 1 is 0.833 bits per heavy atom. The monoisotopic (exact) mass is 405 g/mol. The molecule has 3 aromatic rings. The Bertz CT molecular complexity index is 983. The molecule has 2 aromatic carbocycles. The summed E-state index contributed by atoms with van der Waals surface area (Å²) in [6, 6.07) is 16.7. The number of benzene rings is 2. The van der Waals surface area contributed by atoms with Crippen LogP contribution >= 0.6 is 0 Å². The number of amides is 2. The van der Waals surface area contributed by atoms with E-state index in [4.69, 9.17) is 0 Å². The molecule has 0 bridgehead atoms. The number of carbonyl (C=O) groups excluding carboxylic acids is 1. The quantitative estimate of drug-likeness (QED) is 0.617. The van der Waals surface area contributed by atoms with Gasteiger partial charge in [0.1, 0.15) is 5.82 Å². The SMILES string of the molecule is O=C(Nc1ccc(-c2ccc(N3CCCCCC3)nn2)cc1)Nc1cccc(F)c1. The molecule has 7 heteroatoms. The lowest BCUT2D eigenvalue weighted by molar-refractivity contribution is 0.262. The van der Waals surface area contributed by atoms with E-state index in [1.54, 1.807) is 24.3 Å². The van der Waals surface area contributed by atoms with E-state index in [0.717, 1.165) is 30.2 Å². The first-order chi connectivity index (χ1) is 14.7. The topological polar surface area (TPSA) is 70.2 Å². The third kappa shape index (κ3) is 5.11. The molecule has 1 saturated heterocycles. The van der Waals surface area contributed by atoms with Crippen molar-refractivity contribution in [1.29, 1.82) is 0 Å². The summed E-state index contributed by atoms with van der Waals surface area (Å²) in [5.74, 6) is 0.521. The average molecular weight is 405 g/mol. The third-order valence-electron chi connectivity index (χ3n) is 5.10. The molecule has 2 N–H and O–H groups in total. The van der Waals surface area contributed by atoms with E-state index >= 15 is 0 Å². The summed E-state index contributed by atoms with van der Waals surface area (Å²) in [5.41, 5.74) is 2.72. The number of aromatic nitrogens is 2. The second-order valence-corrected chi connectivity index (χ2v) is 7.34. The maximum absolute atomic E-state index is 13.2. The highest BCUT2D eigenvalue weighted by Gasteiger charge is 2.12. The van der Waals surface area contributed by atoms with Crippen molar-refractivity contribution >= 4 is 23.2 Å². The number of carbonyl (C=O) groups is 1. The van der Waals surface area contributed by atoms with Gasteiger partial charge in [-0.05, 0) is 55.3 Å². The van der Waals surface area contributed by atoms with E-state index in [1.807, 2.05) is 24.3 Å². The van der Waals surface area contributed by atoms with Crippen LogP contribution in [-0.4, -0.2) is 29.3 Å². The molecule has 0 radical (unpaired) electrons. The summed E-state index contributed by atoms with van der Waals surface area (Å²) >= 11 is 0. The minimum absolute atomic E-state index is 0.392. The second kappa shape index (κ2) is 9.35. The summed E-state index contributed by atoms with van der Waals surface area (Å²) in [6.45, 7) is 2.07. The first-order valence-electron chi connectivity index (χ1n) is 10.2. The summed E-state index contributed by atoms with van der Waals surface area (Å²) in [6.07, 6.45) is 4.96. The van der Waals surface area contributed by atoms with Crippen LogP contribution in [0.25, 0.3) is 11.3 Å². The van der Waals surface area contributed by atoms with Crippen LogP contribution in [0.3, 0.4) is 0 Å². The zero-order valence-corrected chi connectivity index (χ0v) is 16.6. The Morgan fingerprint density at radius 2 is 1.57 bits per heavy atom. The Morgan fingerprint density at radius 3 is 2.23 bits per heavy atom. The molecule has 0 saturated carbocycles. The maximum Gasteiger partial charge on any atom is 0.323 e. The van der Waals surface area contributed by atoms with Gasteiger partial charge in [0.25, 0.3) is 0 Å². The highest BCUT2D eigenvalue weighted by molar-refractivity contribution is 5.99. The predicted octanol–water partition coefficient (Wildman–Crippen LogP) is 5.31. The van der Waals surface area contributed by atoms with Crippen LogP contribution in [0.5, 0.6) is 0 Å². The van der Waals surface area contributed by atoms with Crippen LogP contribution in [-0.2, 0) is 0 Å². The van der Waals surface area contributed by atoms with Crippen molar-refractivity contribution in [2.75, 3.05) is 28.6 Å². The van der Waals surface area contributed by atoms with Gasteiger partial charge in [-0.2, -0.15) is 0 Å². The predicted molar refractivity (Wildman–Crippen MR) is 117 cm³/mol. The van der Waals surface area contributed by atoms with Crippen molar-refractivity contribution in [3.63, 3.8) is 0 Å². The molecule has 1 aromatic heterocycles. The Labute approximate surface area is 175 Å². The van der Waals surface area contributed by atoms with Gasteiger partial charge in [0.05, 0.1) is 5.69 Å². The zero-order chi connectivity index (χ0) is 20.8. The van der Waals surface area contributed by atoms with Gasteiger partial charge in [-0.1, -0.05) is 31.0 Å². The number of halogens is 1. The normalized spacial score (nSPS) is 14.1. The maximum atomic E-state index is 13.2. The fraction of sp³-hybridized carbons (Fsp3) is 0.261. The molecular weight excluding hydrogens is 381 g/mol. The first-order valence-corrected chi connectivity index (χ1v) is 10.2. The van der Waals surface area contributed by atoms with Gasteiger partial charge in [0.15, 0.2) is 5.82 Å². The number of nitrogens with zero attached hydrogens (tertiary/aromatic N) is 3. The van der Waals surface area contributed by atoms with Crippen molar-refractivity contribution < 1.29 is 9.18 Å². The smallest absolute Gasteiger partial charge is 0.323 e. The van der Waals surface area contributed by atoms with Gasteiger partial charge in [-0.25, -0.2) is 9.18 Å². The molecule has 1 aliphatic heterocycles. The van der Waals surface area contributed by atoms with Crippen LogP contribution in [0.4, 0.5) is 26.4 Å². The molecular formula is C23H24FN5O. The standard InChI is InChI=1S/C23H24FN5O/c24-18-6-5-7-20(16-18)26-23(30)25-19-10-8-17(9-11-19)21-12-13-22(28-27-21)29-14-3-1-2-4-15-29/h5-13,16H,1-4,14-15H2,(H2,25,26,30). The van der Waals surface area contributed by atoms with E-state index in [2.05, 4.69) is 25.7 Å². The lowest BCUT2D eigenvalue weighted by Gasteiger charge is -2.20. The Kier molecular flexibility index (Phi) is 6.17. The van der Waals surface area contributed by atoms with E-state index in [9.17, 15) is 9.18 Å². The summed E-state index contributed by atoms with van der Waals surface area (Å²) in [4.78, 5) is 14.4. The highest BCUT2D eigenvalue weighted by Crippen LogP contribution is 2.22. The van der Waals surface area contributed by atoms with Crippen molar-refractivity contribution in [2.45, 2.75) is 25.7 Å².